The van der Waals surface area contributed by atoms with E-state index in [1.807, 2.05) is 6.92 Å². The monoisotopic (exact) mass is 310 g/mol. The summed E-state index contributed by atoms with van der Waals surface area (Å²) in [7, 11) is 2.93. The van der Waals surface area contributed by atoms with Crippen molar-refractivity contribution >= 4 is 0 Å². The van der Waals surface area contributed by atoms with Crippen LogP contribution in [-0.2, 0) is 17.5 Å². The van der Waals surface area contributed by atoms with E-state index in [0.717, 1.165) is 17.2 Å². The Bertz CT molecular complexity index is 663. The molecule has 0 saturated carbocycles. The molecule has 2 aromatic rings. The van der Waals surface area contributed by atoms with Gasteiger partial charge in [-0.15, -0.1) is 0 Å². The quantitative estimate of drug-likeness (QED) is 0.805. The highest BCUT2D eigenvalue weighted by molar-refractivity contribution is 5.70. The number of methoxy groups -OCH3 is 2. The number of hydrogen-bond donors (Lipinski definition) is 0. The molecule has 0 aliphatic heterocycles. The van der Waals surface area contributed by atoms with Crippen LogP contribution in [0, 0.1) is 6.92 Å². The Labute approximate surface area is 127 Å². The minimum Gasteiger partial charge on any atom is -0.497 e. The first-order valence-electron chi connectivity index (χ1n) is 6.71. The lowest BCUT2D eigenvalue weighted by Crippen LogP contribution is -2.07. The summed E-state index contributed by atoms with van der Waals surface area (Å²) in [6.07, 6.45) is -4.44. The van der Waals surface area contributed by atoms with Crippen LogP contribution in [-0.4, -0.2) is 14.2 Å². The highest BCUT2D eigenvalue weighted by Gasteiger charge is 2.34. The van der Waals surface area contributed by atoms with Crippen LogP contribution >= 0.6 is 0 Å². The molecule has 0 fully saturated rings. The van der Waals surface area contributed by atoms with Crippen molar-refractivity contribution in [3.8, 4) is 16.9 Å². The van der Waals surface area contributed by atoms with Gasteiger partial charge in [-0.25, -0.2) is 0 Å². The average molecular weight is 310 g/mol. The molecule has 0 heterocycles. The molecule has 0 N–H and O–H groups in total. The Hall–Kier alpha value is -2.01. The summed E-state index contributed by atoms with van der Waals surface area (Å²) in [5, 5.41) is 0. The molecule has 5 heteroatoms. The van der Waals surface area contributed by atoms with Gasteiger partial charge in [-0.2, -0.15) is 13.2 Å². The summed E-state index contributed by atoms with van der Waals surface area (Å²) >= 11 is 0. The van der Waals surface area contributed by atoms with Crippen molar-refractivity contribution in [2.45, 2.75) is 19.7 Å². The van der Waals surface area contributed by atoms with Gasteiger partial charge in [-0.3, -0.25) is 0 Å². The minimum absolute atomic E-state index is 0.139. The van der Waals surface area contributed by atoms with Crippen LogP contribution in [0.15, 0.2) is 36.4 Å². The number of hydrogen-bond acceptors (Lipinski definition) is 2. The molecule has 2 rings (SSSR count). The second kappa shape index (κ2) is 6.40. The molecule has 0 unspecified atom stereocenters. The number of benzene rings is 2. The molecule has 118 valence electrons. The fourth-order valence-corrected chi connectivity index (χ4v) is 2.32. The molecule has 2 nitrogen and oxygen atoms in total. The third kappa shape index (κ3) is 3.42. The molecular weight excluding hydrogens is 293 g/mol. The highest BCUT2D eigenvalue weighted by Crippen LogP contribution is 2.39. The van der Waals surface area contributed by atoms with Crippen molar-refractivity contribution in [1.29, 1.82) is 0 Å². The molecule has 0 amide bonds. The summed E-state index contributed by atoms with van der Waals surface area (Å²) < 4.78 is 49.8. The van der Waals surface area contributed by atoms with Crippen LogP contribution in [0.2, 0.25) is 0 Å². The van der Waals surface area contributed by atoms with Gasteiger partial charge >= 0.3 is 6.18 Å². The zero-order valence-corrected chi connectivity index (χ0v) is 12.6. The molecule has 0 atom stereocenters. The number of ether oxygens (including phenoxy) is 2. The van der Waals surface area contributed by atoms with Crippen LogP contribution in [0.5, 0.6) is 5.75 Å². The fourth-order valence-electron chi connectivity index (χ4n) is 2.32. The lowest BCUT2D eigenvalue weighted by molar-refractivity contribution is -0.137. The van der Waals surface area contributed by atoms with Crippen LogP contribution < -0.4 is 4.74 Å². The van der Waals surface area contributed by atoms with E-state index in [4.69, 9.17) is 9.47 Å². The molecule has 0 spiro atoms. The maximum absolute atomic E-state index is 13.3. The van der Waals surface area contributed by atoms with Crippen molar-refractivity contribution in [2.24, 2.45) is 0 Å². The van der Waals surface area contributed by atoms with E-state index >= 15 is 0 Å². The van der Waals surface area contributed by atoms with E-state index in [-0.39, 0.29) is 11.3 Å². The first-order chi connectivity index (χ1) is 10.4. The second-order valence-corrected chi connectivity index (χ2v) is 4.98. The Balaban J connectivity index is 2.55. The van der Waals surface area contributed by atoms with Gasteiger partial charge in [0.1, 0.15) is 5.75 Å². The summed E-state index contributed by atoms with van der Waals surface area (Å²) in [6, 6.07) is 9.20. The number of alkyl halides is 3. The van der Waals surface area contributed by atoms with Gasteiger partial charge in [0.2, 0.25) is 0 Å². The summed E-state index contributed by atoms with van der Waals surface area (Å²) in [5.41, 5.74) is 1.80. The van der Waals surface area contributed by atoms with Crippen molar-refractivity contribution in [2.75, 3.05) is 14.2 Å². The van der Waals surface area contributed by atoms with E-state index in [9.17, 15) is 13.2 Å². The third-order valence-corrected chi connectivity index (χ3v) is 3.49. The number of halogens is 3. The number of rotatable bonds is 4. The van der Waals surface area contributed by atoms with E-state index in [1.165, 1.54) is 19.2 Å². The normalized spacial score (nSPS) is 11.5. The van der Waals surface area contributed by atoms with Gasteiger partial charge in [-0.1, -0.05) is 24.3 Å². The Morgan fingerprint density at radius 1 is 1.00 bits per heavy atom. The predicted molar refractivity (Wildman–Crippen MR) is 78.9 cm³/mol. The molecule has 0 aromatic heterocycles. The van der Waals surface area contributed by atoms with Crippen LogP contribution in [0.25, 0.3) is 11.1 Å². The minimum atomic E-state index is -4.44. The van der Waals surface area contributed by atoms with Gasteiger partial charge in [0.05, 0.1) is 19.3 Å². The van der Waals surface area contributed by atoms with Gasteiger partial charge in [-0.05, 0) is 41.3 Å². The lowest BCUT2D eigenvalue weighted by atomic mass is 9.96. The standard InChI is InChI=1S/C17H17F3O2/c1-11-8-12(4-5-13(11)10-21-2)15-7-6-14(22-3)9-16(15)17(18,19)20/h4-9H,10H2,1-3H3. The largest absolute Gasteiger partial charge is 0.497 e. The SMILES string of the molecule is COCc1ccc(-c2ccc(OC)cc2C(F)(F)F)cc1C. The van der Waals surface area contributed by atoms with Crippen LogP contribution in [0.4, 0.5) is 13.2 Å². The number of aryl methyl sites for hydroxylation is 1. The maximum atomic E-state index is 13.3. The van der Waals surface area contributed by atoms with Gasteiger partial charge in [0.25, 0.3) is 0 Å². The van der Waals surface area contributed by atoms with Crippen LogP contribution in [0.1, 0.15) is 16.7 Å². The topological polar surface area (TPSA) is 18.5 Å². The van der Waals surface area contributed by atoms with Gasteiger partial charge < -0.3 is 9.47 Å². The molecular formula is C17H17F3O2. The van der Waals surface area contributed by atoms with Crippen molar-refractivity contribution in [3.05, 3.63) is 53.1 Å². The van der Waals surface area contributed by atoms with Gasteiger partial charge in [0, 0.05) is 7.11 Å². The molecule has 0 aliphatic carbocycles. The Kier molecular flexibility index (Phi) is 4.76. The Morgan fingerprint density at radius 3 is 2.27 bits per heavy atom. The van der Waals surface area contributed by atoms with E-state index < -0.39 is 11.7 Å². The first kappa shape index (κ1) is 16.4. The summed E-state index contributed by atoms with van der Waals surface area (Å²) in [4.78, 5) is 0. The zero-order valence-electron chi connectivity index (χ0n) is 12.6. The maximum Gasteiger partial charge on any atom is 0.417 e. The summed E-state index contributed by atoms with van der Waals surface area (Å²) in [5.74, 6) is 0.184. The molecule has 0 radical (unpaired) electrons. The van der Waals surface area contributed by atoms with Crippen molar-refractivity contribution < 1.29 is 22.6 Å². The highest BCUT2D eigenvalue weighted by atomic mass is 19.4. The Morgan fingerprint density at radius 2 is 1.73 bits per heavy atom. The predicted octanol–water partition coefficient (Wildman–Crippen LogP) is 4.84. The molecule has 0 saturated heterocycles. The third-order valence-electron chi connectivity index (χ3n) is 3.49. The molecule has 0 bridgehead atoms. The summed E-state index contributed by atoms with van der Waals surface area (Å²) in [6.45, 7) is 2.29. The van der Waals surface area contributed by atoms with Gasteiger partial charge in [0.15, 0.2) is 0 Å². The average Bonchev–Trinajstić information content (AvgIpc) is 2.48. The molecule has 2 aromatic carbocycles. The van der Waals surface area contributed by atoms with Crippen molar-refractivity contribution in [3.63, 3.8) is 0 Å². The van der Waals surface area contributed by atoms with E-state index in [2.05, 4.69) is 0 Å². The smallest absolute Gasteiger partial charge is 0.417 e. The zero-order chi connectivity index (χ0) is 16.3. The second-order valence-electron chi connectivity index (χ2n) is 4.98. The first-order valence-corrected chi connectivity index (χ1v) is 6.71. The lowest BCUT2D eigenvalue weighted by Gasteiger charge is -2.15. The van der Waals surface area contributed by atoms with Crippen molar-refractivity contribution in [1.82, 2.24) is 0 Å². The molecule has 0 aliphatic rings. The van der Waals surface area contributed by atoms with E-state index in [1.54, 1.807) is 25.3 Å². The van der Waals surface area contributed by atoms with Crippen LogP contribution in [0.3, 0.4) is 0 Å². The fraction of sp³-hybridized carbons (Fsp3) is 0.294. The van der Waals surface area contributed by atoms with E-state index in [0.29, 0.717) is 12.2 Å². The molecule has 22 heavy (non-hydrogen) atoms.